The van der Waals surface area contributed by atoms with Gasteiger partial charge in [0.1, 0.15) is 17.7 Å². The number of hydrogen-bond donors (Lipinski definition) is 1. The number of anilines is 1. The first kappa shape index (κ1) is 17.2. The van der Waals surface area contributed by atoms with Gasteiger partial charge in [0.25, 0.3) is 0 Å². The van der Waals surface area contributed by atoms with E-state index in [1.807, 2.05) is 6.07 Å². The molecule has 1 aromatic heterocycles. The first-order chi connectivity index (χ1) is 12.0. The highest BCUT2D eigenvalue weighted by molar-refractivity contribution is 6.31. The van der Waals surface area contributed by atoms with Crippen LogP contribution in [0.3, 0.4) is 0 Å². The SMILES string of the molecule is CC(=O)N1CCC(Nc2ccc(Cl)c(C#N)n2)c2ccc(F)cc2C1. The van der Waals surface area contributed by atoms with Crippen LogP contribution in [0.4, 0.5) is 10.2 Å². The highest BCUT2D eigenvalue weighted by Crippen LogP contribution is 2.30. The second-order valence-corrected chi connectivity index (χ2v) is 6.32. The molecular weight excluding hydrogens is 343 g/mol. The van der Waals surface area contributed by atoms with Crippen LogP contribution < -0.4 is 5.32 Å². The Balaban J connectivity index is 1.94. The van der Waals surface area contributed by atoms with Crippen LogP contribution in [-0.4, -0.2) is 22.3 Å². The number of carbonyl (C=O) groups is 1. The van der Waals surface area contributed by atoms with Crippen LogP contribution in [0.2, 0.25) is 5.02 Å². The second kappa shape index (κ2) is 7.08. The lowest BCUT2D eigenvalue weighted by molar-refractivity contribution is -0.129. The van der Waals surface area contributed by atoms with Crippen molar-refractivity contribution in [3.8, 4) is 6.07 Å². The van der Waals surface area contributed by atoms with Gasteiger partial charge in [-0.2, -0.15) is 5.26 Å². The fourth-order valence-corrected chi connectivity index (χ4v) is 3.12. The van der Waals surface area contributed by atoms with Gasteiger partial charge < -0.3 is 10.2 Å². The molecule has 1 amide bonds. The van der Waals surface area contributed by atoms with Gasteiger partial charge in [-0.1, -0.05) is 17.7 Å². The zero-order chi connectivity index (χ0) is 18.0. The Morgan fingerprint density at radius 1 is 1.44 bits per heavy atom. The summed E-state index contributed by atoms with van der Waals surface area (Å²) in [5.74, 6) is 0.129. The number of halogens is 2. The molecule has 1 aliphatic heterocycles. The number of fused-ring (bicyclic) bond motifs is 1. The van der Waals surface area contributed by atoms with E-state index in [2.05, 4.69) is 10.3 Å². The molecule has 1 aliphatic rings. The van der Waals surface area contributed by atoms with E-state index in [1.165, 1.54) is 19.1 Å². The van der Waals surface area contributed by atoms with Gasteiger partial charge >= 0.3 is 0 Å². The lowest BCUT2D eigenvalue weighted by Gasteiger charge is -2.20. The number of nitrogens with one attached hydrogen (secondary N) is 1. The second-order valence-electron chi connectivity index (χ2n) is 5.91. The van der Waals surface area contributed by atoms with Crippen molar-refractivity contribution in [1.29, 1.82) is 5.26 Å². The van der Waals surface area contributed by atoms with Crippen molar-refractivity contribution in [2.75, 3.05) is 11.9 Å². The van der Waals surface area contributed by atoms with Gasteiger partial charge in [0.2, 0.25) is 5.91 Å². The monoisotopic (exact) mass is 358 g/mol. The van der Waals surface area contributed by atoms with Crippen molar-refractivity contribution in [3.63, 3.8) is 0 Å². The van der Waals surface area contributed by atoms with Crippen molar-refractivity contribution in [3.05, 3.63) is 58.0 Å². The van der Waals surface area contributed by atoms with Gasteiger partial charge in [-0.25, -0.2) is 9.37 Å². The van der Waals surface area contributed by atoms with Crippen LogP contribution in [0.5, 0.6) is 0 Å². The third-order valence-corrected chi connectivity index (χ3v) is 4.55. The van der Waals surface area contributed by atoms with Crippen LogP contribution in [0, 0.1) is 17.1 Å². The zero-order valence-corrected chi connectivity index (χ0v) is 14.3. The summed E-state index contributed by atoms with van der Waals surface area (Å²) in [4.78, 5) is 17.7. The van der Waals surface area contributed by atoms with Gasteiger partial charge in [-0.3, -0.25) is 4.79 Å². The molecule has 25 heavy (non-hydrogen) atoms. The van der Waals surface area contributed by atoms with Gasteiger partial charge in [0, 0.05) is 20.0 Å². The molecule has 7 heteroatoms. The standard InChI is InChI=1S/C18H16ClFN4O/c1-11(25)24-7-6-16(14-3-2-13(20)8-12(14)10-24)22-18-5-4-15(19)17(9-21)23-18/h2-5,8,16H,6-7,10H2,1H3,(H,22,23). The van der Waals surface area contributed by atoms with E-state index in [4.69, 9.17) is 16.9 Å². The molecule has 1 N–H and O–H groups in total. The van der Waals surface area contributed by atoms with E-state index >= 15 is 0 Å². The molecule has 3 rings (SSSR count). The number of nitrogens with zero attached hydrogens (tertiary/aromatic N) is 3. The van der Waals surface area contributed by atoms with Crippen LogP contribution in [0.1, 0.15) is 36.2 Å². The third-order valence-electron chi connectivity index (χ3n) is 4.25. The Hall–Kier alpha value is -2.65. The average molecular weight is 359 g/mol. The molecule has 5 nitrogen and oxygen atoms in total. The van der Waals surface area contributed by atoms with E-state index in [-0.39, 0.29) is 23.5 Å². The fourth-order valence-electron chi connectivity index (χ4n) is 2.97. The van der Waals surface area contributed by atoms with Crippen LogP contribution in [0.25, 0.3) is 0 Å². The summed E-state index contributed by atoms with van der Waals surface area (Å²) in [6.07, 6.45) is 0.643. The molecular formula is C18H16ClFN4O. The number of aromatic nitrogens is 1. The fraction of sp³-hybridized carbons (Fsp3) is 0.278. The molecule has 0 radical (unpaired) electrons. The van der Waals surface area contributed by atoms with Gasteiger partial charge in [0.15, 0.2) is 5.69 Å². The molecule has 0 saturated heterocycles. The largest absolute Gasteiger partial charge is 0.363 e. The van der Waals surface area contributed by atoms with Crippen molar-refractivity contribution in [1.82, 2.24) is 9.88 Å². The maximum Gasteiger partial charge on any atom is 0.219 e. The minimum atomic E-state index is -0.334. The Labute approximate surface area is 150 Å². The van der Waals surface area contributed by atoms with Crippen molar-refractivity contribution in [2.24, 2.45) is 0 Å². The van der Waals surface area contributed by atoms with E-state index in [9.17, 15) is 9.18 Å². The maximum atomic E-state index is 13.7. The summed E-state index contributed by atoms with van der Waals surface area (Å²) < 4.78 is 13.7. The normalized spacial score (nSPS) is 16.6. The summed E-state index contributed by atoms with van der Waals surface area (Å²) in [7, 11) is 0. The molecule has 0 spiro atoms. The molecule has 0 saturated carbocycles. The first-order valence-corrected chi connectivity index (χ1v) is 8.22. The number of amides is 1. The molecule has 128 valence electrons. The summed E-state index contributed by atoms with van der Waals surface area (Å²) in [5.41, 5.74) is 1.82. The minimum absolute atomic E-state index is 0.0488. The molecule has 0 bridgehead atoms. The zero-order valence-electron chi connectivity index (χ0n) is 13.6. The van der Waals surface area contributed by atoms with Crippen molar-refractivity contribution >= 4 is 23.3 Å². The smallest absolute Gasteiger partial charge is 0.219 e. The van der Waals surface area contributed by atoms with Crippen LogP contribution in [-0.2, 0) is 11.3 Å². The molecule has 1 aromatic carbocycles. The van der Waals surface area contributed by atoms with Gasteiger partial charge in [-0.05, 0) is 41.8 Å². The van der Waals surface area contributed by atoms with Crippen LogP contribution in [0.15, 0.2) is 30.3 Å². The predicted molar refractivity (Wildman–Crippen MR) is 92.4 cm³/mol. The van der Waals surface area contributed by atoms with Crippen molar-refractivity contribution < 1.29 is 9.18 Å². The summed E-state index contributed by atoms with van der Waals surface area (Å²) in [6.45, 7) is 2.42. The number of rotatable bonds is 2. The Morgan fingerprint density at radius 3 is 2.96 bits per heavy atom. The third kappa shape index (κ3) is 3.72. The minimum Gasteiger partial charge on any atom is -0.363 e. The van der Waals surface area contributed by atoms with E-state index < -0.39 is 0 Å². The molecule has 0 fully saturated rings. The molecule has 2 heterocycles. The molecule has 1 atom stereocenters. The highest BCUT2D eigenvalue weighted by atomic mass is 35.5. The summed E-state index contributed by atoms with van der Waals surface area (Å²) in [6, 6.07) is 9.70. The average Bonchev–Trinajstić information content (AvgIpc) is 2.76. The highest BCUT2D eigenvalue weighted by Gasteiger charge is 2.24. The predicted octanol–water partition coefficient (Wildman–Crippen LogP) is 3.65. The Bertz CT molecular complexity index is 865. The Kier molecular flexibility index (Phi) is 4.86. The lowest BCUT2D eigenvalue weighted by atomic mass is 9.99. The van der Waals surface area contributed by atoms with Crippen molar-refractivity contribution in [2.45, 2.75) is 25.9 Å². The topological polar surface area (TPSA) is 69.0 Å². The van der Waals surface area contributed by atoms with Gasteiger partial charge in [0.05, 0.1) is 11.1 Å². The molecule has 0 aliphatic carbocycles. The first-order valence-electron chi connectivity index (χ1n) is 7.85. The van der Waals surface area contributed by atoms with E-state index in [0.29, 0.717) is 30.4 Å². The van der Waals surface area contributed by atoms with E-state index in [0.717, 1.165) is 11.1 Å². The number of nitriles is 1. The number of carbonyl (C=O) groups excluding carboxylic acids is 1. The lowest BCUT2D eigenvalue weighted by Crippen LogP contribution is -2.28. The maximum absolute atomic E-state index is 13.7. The van der Waals surface area contributed by atoms with E-state index in [1.54, 1.807) is 23.1 Å². The Morgan fingerprint density at radius 2 is 2.24 bits per heavy atom. The molecule has 1 unspecified atom stereocenters. The quantitative estimate of drug-likeness (QED) is 0.889. The summed E-state index contributed by atoms with van der Waals surface area (Å²) >= 11 is 5.92. The number of pyridine rings is 1. The van der Waals surface area contributed by atoms with Gasteiger partial charge in [-0.15, -0.1) is 0 Å². The number of hydrogen-bond acceptors (Lipinski definition) is 4. The molecule has 2 aromatic rings. The van der Waals surface area contributed by atoms with Crippen LogP contribution >= 0.6 is 11.6 Å². The number of benzene rings is 1. The summed E-state index contributed by atoms with van der Waals surface area (Å²) in [5, 5.41) is 12.6.